The van der Waals surface area contributed by atoms with Gasteiger partial charge in [0.2, 0.25) is 5.91 Å². The lowest BCUT2D eigenvalue weighted by atomic mass is 10.2. The van der Waals surface area contributed by atoms with E-state index in [9.17, 15) is 4.79 Å². The minimum atomic E-state index is 0.224. The zero-order chi connectivity index (χ0) is 17.3. The van der Waals surface area contributed by atoms with Crippen LogP contribution in [0.4, 0.5) is 0 Å². The van der Waals surface area contributed by atoms with E-state index in [1.54, 1.807) is 0 Å². The molecule has 6 nitrogen and oxygen atoms in total. The second-order valence-electron chi connectivity index (χ2n) is 5.96. The largest absolute Gasteiger partial charge is 0.484 e. The van der Waals surface area contributed by atoms with Crippen LogP contribution in [0.2, 0.25) is 0 Å². The fraction of sp³-hybridized carbons (Fsp3) is 0.500. The number of amides is 1. The Morgan fingerprint density at radius 3 is 2.64 bits per heavy atom. The van der Waals surface area contributed by atoms with Crippen molar-refractivity contribution < 1.29 is 13.9 Å². The van der Waals surface area contributed by atoms with E-state index in [1.165, 1.54) is 24.6 Å². The van der Waals surface area contributed by atoms with Gasteiger partial charge in [-0.1, -0.05) is 42.8 Å². The molecule has 0 radical (unpaired) electrons. The Kier molecular flexibility index (Phi) is 6.73. The molecule has 2 heterocycles. The maximum Gasteiger partial charge on any atom is 0.276 e. The predicted molar refractivity (Wildman–Crippen MR) is 95.5 cm³/mol. The van der Waals surface area contributed by atoms with Crippen molar-refractivity contribution in [2.24, 2.45) is 0 Å². The summed E-state index contributed by atoms with van der Waals surface area (Å²) in [6.45, 7) is 2.03. The first-order chi connectivity index (χ1) is 12.3. The lowest BCUT2D eigenvalue weighted by Gasteiger charge is -2.19. The first-order valence-electron chi connectivity index (χ1n) is 8.72. The van der Waals surface area contributed by atoms with E-state index in [-0.39, 0.29) is 12.5 Å². The molecule has 1 saturated heterocycles. The van der Waals surface area contributed by atoms with E-state index in [1.807, 2.05) is 35.2 Å². The number of likely N-dealkylation sites (tertiary alicyclic amines) is 1. The summed E-state index contributed by atoms with van der Waals surface area (Å²) in [7, 11) is 0. The summed E-state index contributed by atoms with van der Waals surface area (Å²) in [5.41, 5.74) is 0. The molecule has 0 atom stereocenters. The zero-order valence-electron chi connectivity index (χ0n) is 14.2. The number of carbonyl (C=O) groups is 1. The average molecular weight is 361 g/mol. The highest BCUT2D eigenvalue weighted by atomic mass is 32.2. The molecule has 25 heavy (non-hydrogen) atoms. The molecular formula is C18H23N3O3S. The molecule has 1 amide bonds. The van der Waals surface area contributed by atoms with E-state index >= 15 is 0 Å². The number of ether oxygens (including phenoxy) is 1. The van der Waals surface area contributed by atoms with Crippen LogP contribution in [0.1, 0.15) is 38.0 Å². The van der Waals surface area contributed by atoms with Crippen molar-refractivity contribution in [2.45, 2.75) is 43.9 Å². The summed E-state index contributed by atoms with van der Waals surface area (Å²) in [6.07, 6.45) is 5.20. The minimum absolute atomic E-state index is 0.224. The van der Waals surface area contributed by atoms with Crippen LogP contribution < -0.4 is 4.74 Å². The monoisotopic (exact) mass is 361 g/mol. The van der Waals surface area contributed by atoms with Crippen LogP contribution in [0.15, 0.2) is 40.0 Å². The number of rotatable bonds is 7. The quantitative estimate of drug-likeness (QED) is 0.703. The topological polar surface area (TPSA) is 68.5 Å². The minimum Gasteiger partial charge on any atom is -0.484 e. The average Bonchev–Trinajstić information content (AvgIpc) is 2.91. The van der Waals surface area contributed by atoms with Gasteiger partial charge in [0, 0.05) is 25.3 Å². The summed E-state index contributed by atoms with van der Waals surface area (Å²) in [5.74, 6) is 2.07. The number of carbonyl (C=O) groups excluding carboxylic acids is 1. The normalized spacial score (nSPS) is 15.0. The van der Waals surface area contributed by atoms with Crippen molar-refractivity contribution in [1.29, 1.82) is 0 Å². The van der Waals surface area contributed by atoms with Gasteiger partial charge in [-0.3, -0.25) is 4.79 Å². The second kappa shape index (κ2) is 9.46. The van der Waals surface area contributed by atoms with Crippen LogP contribution >= 0.6 is 11.8 Å². The number of para-hydroxylation sites is 1. The van der Waals surface area contributed by atoms with Crippen molar-refractivity contribution in [3.05, 3.63) is 36.2 Å². The number of thioether (sulfide) groups is 1. The molecule has 1 aliphatic heterocycles. The molecule has 1 aromatic heterocycles. The third kappa shape index (κ3) is 5.77. The molecule has 0 spiro atoms. The third-order valence-corrected chi connectivity index (χ3v) is 4.87. The lowest BCUT2D eigenvalue weighted by molar-refractivity contribution is -0.130. The van der Waals surface area contributed by atoms with Crippen LogP contribution in [-0.2, 0) is 11.4 Å². The molecule has 0 bridgehead atoms. The van der Waals surface area contributed by atoms with Crippen molar-refractivity contribution in [3.8, 4) is 5.75 Å². The highest BCUT2D eigenvalue weighted by Gasteiger charge is 2.16. The fourth-order valence-electron chi connectivity index (χ4n) is 2.72. The number of nitrogens with zero attached hydrogens (tertiary/aromatic N) is 3. The van der Waals surface area contributed by atoms with E-state index < -0.39 is 0 Å². The Bertz CT molecular complexity index is 655. The van der Waals surface area contributed by atoms with Crippen LogP contribution in [0.5, 0.6) is 5.75 Å². The molecule has 0 aliphatic carbocycles. The summed E-state index contributed by atoms with van der Waals surface area (Å²) in [5, 5.41) is 8.45. The standard InChI is InChI=1S/C18H23N3O3S/c22-17(21-11-6-1-2-7-12-21)10-13-25-18-20-19-16(24-18)14-23-15-8-4-3-5-9-15/h3-5,8-9H,1-2,6-7,10-14H2. The van der Waals surface area contributed by atoms with Gasteiger partial charge in [-0.05, 0) is 25.0 Å². The molecule has 7 heteroatoms. The van der Waals surface area contributed by atoms with Gasteiger partial charge in [-0.15, -0.1) is 10.2 Å². The highest BCUT2D eigenvalue weighted by Crippen LogP contribution is 2.19. The van der Waals surface area contributed by atoms with Gasteiger partial charge >= 0.3 is 0 Å². The smallest absolute Gasteiger partial charge is 0.276 e. The van der Waals surface area contributed by atoms with Gasteiger partial charge in [-0.25, -0.2) is 0 Å². The van der Waals surface area contributed by atoms with Crippen molar-refractivity contribution in [3.63, 3.8) is 0 Å². The number of benzene rings is 1. The molecule has 1 aliphatic rings. The SMILES string of the molecule is O=C(CCSc1nnc(COc2ccccc2)o1)N1CCCCCC1. The van der Waals surface area contributed by atoms with E-state index in [4.69, 9.17) is 9.15 Å². The van der Waals surface area contributed by atoms with Gasteiger partial charge < -0.3 is 14.1 Å². The number of aromatic nitrogens is 2. The van der Waals surface area contributed by atoms with Crippen LogP contribution in [0.25, 0.3) is 0 Å². The van der Waals surface area contributed by atoms with Gasteiger partial charge in [0.15, 0.2) is 6.61 Å². The summed E-state index contributed by atoms with van der Waals surface area (Å²) < 4.78 is 11.1. The van der Waals surface area contributed by atoms with Gasteiger partial charge in [0.1, 0.15) is 5.75 Å². The predicted octanol–water partition coefficient (Wildman–Crippen LogP) is 3.53. The van der Waals surface area contributed by atoms with Crippen LogP contribution in [0, 0.1) is 0 Å². The van der Waals surface area contributed by atoms with E-state index in [2.05, 4.69) is 10.2 Å². The molecule has 2 aromatic rings. The van der Waals surface area contributed by atoms with Gasteiger partial charge in [0.05, 0.1) is 0 Å². The molecule has 0 unspecified atom stereocenters. The zero-order valence-corrected chi connectivity index (χ0v) is 15.0. The Morgan fingerprint density at radius 1 is 1.12 bits per heavy atom. The fourth-order valence-corrected chi connectivity index (χ4v) is 3.43. The van der Waals surface area contributed by atoms with Crippen molar-refractivity contribution in [2.75, 3.05) is 18.8 Å². The number of hydrogen-bond acceptors (Lipinski definition) is 6. The Morgan fingerprint density at radius 2 is 1.88 bits per heavy atom. The number of hydrogen-bond donors (Lipinski definition) is 0. The Balaban J connectivity index is 1.38. The molecule has 0 N–H and O–H groups in total. The van der Waals surface area contributed by atoms with Gasteiger partial charge in [-0.2, -0.15) is 0 Å². The Hall–Kier alpha value is -2.02. The summed E-state index contributed by atoms with van der Waals surface area (Å²) in [4.78, 5) is 14.2. The molecule has 0 saturated carbocycles. The van der Waals surface area contributed by atoms with Crippen LogP contribution in [0.3, 0.4) is 0 Å². The third-order valence-electron chi connectivity index (χ3n) is 4.05. The molecule has 1 fully saturated rings. The van der Waals surface area contributed by atoms with Crippen molar-refractivity contribution in [1.82, 2.24) is 15.1 Å². The van der Waals surface area contributed by atoms with Gasteiger partial charge in [0.25, 0.3) is 11.1 Å². The maximum absolute atomic E-state index is 12.2. The first kappa shape index (κ1) is 17.8. The van der Waals surface area contributed by atoms with Crippen LogP contribution in [-0.4, -0.2) is 39.8 Å². The molecule has 134 valence electrons. The second-order valence-corrected chi connectivity index (χ2v) is 7.00. The highest BCUT2D eigenvalue weighted by molar-refractivity contribution is 7.99. The maximum atomic E-state index is 12.2. The molecule has 3 rings (SSSR count). The molecular weight excluding hydrogens is 338 g/mol. The summed E-state index contributed by atoms with van der Waals surface area (Å²) >= 11 is 1.42. The Labute approximate surface area is 151 Å². The van der Waals surface area contributed by atoms with E-state index in [0.29, 0.717) is 23.3 Å². The molecule has 1 aromatic carbocycles. The summed E-state index contributed by atoms with van der Waals surface area (Å²) in [6, 6.07) is 9.50. The lowest BCUT2D eigenvalue weighted by Crippen LogP contribution is -2.31. The first-order valence-corrected chi connectivity index (χ1v) is 9.70. The van der Waals surface area contributed by atoms with E-state index in [0.717, 1.165) is 31.7 Å². The van der Waals surface area contributed by atoms with Crippen molar-refractivity contribution >= 4 is 17.7 Å².